The van der Waals surface area contributed by atoms with Crippen molar-refractivity contribution in [2.45, 2.75) is 33.0 Å². The van der Waals surface area contributed by atoms with E-state index in [2.05, 4.69) is 33.2 Å². The van der Waals surface area contributed by atoms with E-state index in [9.17, 15) is 13.2 Å². The Kier molecular flexibility index (Phi) is 4.62. The molecule has 0 spiro atoms. The van der Waals surface area contributed by atoms with E-state index in [0.717, 1.165) is 34.6 Å². The smallest absolute Gasteiger partial charge is 0.377 e. The molecule has 0 bridgehead atoms. The van der Waals surface area contributed by atoms with Gasteiger partial charge in [-0.1, -0.05) is 12.1 Å². The maximum Gasteiger partial charge on any atom is 0.418 e. The summed E-state index contributed by atoms with van der Waals surface area (Å²) < 4.78 is 47.6. The summed E-state index contributed by atoms with van der Waals surface area (Å²) >= 11 is 0. The molecule has 0 fully saturated rings. The van der Waals surface area contributed by atoms with Gasteiger partial charge < -0.3 is 14.3 Å². The zero-order valence-electron chi connectivity index (χ0n) is 17.2. The fourth-order valence-corrected chi connectivity index (χ4v) is 4.14. The monoisotopic (exact) mass is 426 g/mol. The fourth-order valence-electron chi connectivity index (χ4n) is 4.14. The van der Waals surface area contributed by atoms with Crippen LogP contribution in [0.25, 0.3) is 27.6 Å². The highest BCUT2D eigenvalue weighted by molar-refractivity contribution is 5.85. The number of aromatic nitrogens is 4. The number of halogens is 3. The van der Waals surface area contributed by atoms with Gasteiger partial charge >= 0.3 is 6.18 Å². The van der Waals surface area contributed by atoms with Gasteiger partial charge in [-0.05, 0) is 55.7 Å². The molecule has 0 aliphatic carbocycles. The molecule has 31 heavy (non-hydrogen) atoms. The number of alkyl halides is 3. The summed E-state index contributed by atoms with van der Waals surface area (Å²) in [6.07, 6.45) is -1.52. The first-order valence-electron chi connectivity index (χ1n) is 10.1. The van der Waals surface area contributed by atoms with Gasteiger partial charge in [0, 0.05) is 22.3 Å². The maximum absolute atomic E-state index is 13.5. The van der Waals surface area contributed by atoms with Crippen molar-refractivity contribution in [2.75, 3.05) is 13.2 Å². The van der Waals surface area contributed by atoms with Crippen molar-refractivity contribution in [3.63, 3.8) is 0 Å². The summed E-state index contributed by atoms with van der Waals surface area (Å²) in [4.78, 5) is 12.0. The van der Waals surface area contributed by atoms with E-state index in [1.165, 1.54) is 5.57 Å². The Balaban J connectivity index is 1.54. The van der Waals surface area contributed by atoms with E-state index in [4.69, 9.17) is 4.74 Å². The molecule has 3 aromatic heterocycles. The van der Waals surface area contributed by atoms with Gasteiger partial charge in [-0.2, -0.15) is 13.2 Å². The van der Waals surface area contributed by atoms with Gasteiger partial charge in [-0.25, -0.2) is 9.97 Å². The second kappa shape index (κ2) is 7.23. The molecule has 0 saturated heterocycles. The first kappa shape index (κ1) is 19.8. The van der Waals surface area contributed by atoms with Crippen molar-refractivity contribution in [2.24, 2.45) is 0 Å². The molecule has 160 valence electrons. The number of benzene rings is 1. The van der Waals surface area contributed by atoms with Crippen molar-refractivity contribution in [3.05, 3.63) is 64.7 Å². The average Bonchev–Trinajstić information content (AvgIpc) is 3.28. The second-order valence-corrected chi connectivity index (χ2v) is 7.89. The summed E-state index contributed by atoms with van der Waals surface area (Å²) in [5.41, 5.74) is 4.03. The molecule has 8 heteroatoms. The van der Waals surface area contributed by atoms with Crippen LogP contribution in [0.5, 0.6) is 0 Å². The van der Waals surface area contributed by atoms with E-state index < -0.39 is 11.7 Å². The second-order valence-electron chi connectivity index (χ2n) is 7.89. The Hall–Kier alpha value is -3.13. The minimum Gasteiger partial charge on any atom is -0.377 e. The van der Waals surface area contributed by atoms with Gasteiger partial charge in [0.1, 0.15) is 11.3 Å². The van der Waals surface area contributed by atoms with Crippen LogP contribution in [-0.2, 0) is 17.5 Å². The SMILES string of the molecule is Cc1cc(C(F)(F)F)c2nc(C)n(Cc3ccc4[nH]c(C5=CCOCC5)cc4c3)c2n1. The summed E-state index contributed by atoms with van der Waals surface area (Å²) in [5.74, 6) is 0.501. The van der Waals surface area contributed by atoms with Crippen molar-refractivity contribution >= 4 is 27.6 Å². The van der Waals surface area contributed by atoms with Crippen LogP contribution in [0.15, 0.2) is 36.4 Å². The molecule has 4 heterocycles. The maximum atomic E-state index is 13.5. The molecule has 1 aromatic carbocycles. The van der Waals surface area contributed by atoms with Crippen LogP contribution in [-0.4, -0.2) is 32.7 Å². The fraction of sp³-hybridized carbons (Fsp3) is 0.304. The first-order chi connectivity index (χ1) is 14.8. The number of imidazole rings is 1. The third-order valence-electron chi connectivity index (χ3n) is 5.66. The Morgan fingerprint density at radius 1 is 1.13 bits per heavy atom. The summed E-state index contributed by atoms with van der Waals surface area (Å²) in [5, 5.41) is 1.06. The predicted molar refractivity (Wildman–Crippen MR) is 113 cm³/mol. The van der Waals surface area contributed by atoms with Crippen LogP contribution < -0.4 is 0 Å². The number of hydrogen-bond acceptors (Lipinski definition) is 3. The molecular weight excluding hydrogens is 405 g/mol. The van der Waals surface area contributed by atoms with Gasteiger partial charge in [0.05, 0.1) is 25.3 Å². The Morgan fingerprint density at radius 3 is 2.71 bits per heavy atom. The highest BCUT2D eigenvalue weighted by Gasteiger charge is 2.35. The van der Waals surface area contributed by atoms with Crippen LogP contribution in [0, 0.1) is 13.8 Å². The largest absolute Gasteiger partial charge is 0.418 e. The van der Waals surface area contributed by atoms with Crippen molar-refractivity contribution in [1.82, 2.24) is 19.5 Å². The number of nitrogens with zero attached hydrogens (tertiary/aromatic N) is 3. The third kappa shape index (κ3) is 3.61. The van der Waals surface area contributed by atoms with Gasteiger partial charge in [-0.3, -0.25) is 0 Å². The van der Waals surface area contributed by atoms with Gasteiger partial charge in [0.25, 0.3) is 0 Å². The lowest BCUT2D eigenvalue weighted by Gasteiger charge is -2.11. The van der Waals surface area contributed by atoms with Crippen LogP contribution in [0.3, 0.4) is 0 Å². The van der Waals surface area contributed by atoms with Crippen molar-refractivity contribution in [1.29, 1.82) is 0 Å². The zero-order valence-corrected chi connectivity index (χ0v) is 17.2. The van der Waals surface area contributed by atoms with E-state index in [0.29, 0.717) is 31.3 Å². The Morgan fingerprint density at radius 2 is 1.97 bits per heavy atom. The van der Waals surface area contributed by atoms with Gasteiger partial charge in [-0.15, -0.1) is 0 Å². The number of nitrogens with one attached hydrogen (secondary N) is 1. The topological polar surface area (TPSA) is 55.7 Å². The van der Waals surface area contributed by atoms with Crippen LogP contribution in [0.1, 0.15) is 34.8 Å². The number of ether oxygens (including phenoxy) is 1. The quantitative estimate of drug-likeness (QED) is 0.477. The molecular formula is C23H21F3N4O. The summed E-state index contributed by atoms with van der Waals surface area (Å²) in [6.45, 7) is 5.01. The number of aryl methyl sites for hydroxylation is 2. The number of H-pyrrole nitrogens is 1. The Labute approximate surface area is 176 Å². The minimum atomic E-state index is -4.48. The normalized spacial score (nSPS) is 15.1. The standard InChI is InChI=1S/C23H21F3N4O/c1-13-9-18(23(24,25)26)21-22(27-13)30(14(2)28-21)12-15-3-4-19-17(10-15)11-20(29-19)16-5-7-31-8-6-16/h3-5,9-11,29H,6-8,12H2,1-2H3. The number of fused-ring (bicyclic) bond motifs is 2. The van der Waals surface area contributed by atoms with E-state index in [1.807, 2.05) is 12.1 Å². The third-order valence-corrected chi connectivity index (χ3v) is 5.66. The van der Waals surface area contributed by atoms with Crippen molar-refractivity contribution in [3.8, 4) is 0 Å². The van der Waals surface area contributed by atoms with E-state index in [-0.39, 0.29) is 11.2 Å². The number of pyridine rings is 1. The molecule has 4 aromatic rings. The lowest BCUT2D eigenvalue weighted by atomic mass is 10.1. The zero-order chi connectivity index (χ0) is 21.8. The highest BCUT2D eigenvalue weighted by atomic mass is 19.4. The van der Waals surface area contributed by atoms with E-state index >= 15 is 0 Å². The highest BCUT2D eigenvalue weighted by Crippen LogP contribution is 2.35. The molecule has 1 aliphatic heterocycles. The number of hydrogen-bond donors (Lipinski definition) is 1. The molecule has 0 saturated carbocycles. The molecule has 0 atom stereocenters. The van der Waals surface area contributed by atoms with Crippen LogP contribution in [0.4, 0.5) is 13.2 Å². The number of rotatable bonds is 3. The van der Waals surface area contributed by atoms with Gasteiger partial charge in [0.2, 0.25) is 0 Å². The first-order valence-corrected chi connectivity index (χ1v) is 10.1. The van der Waals surface area contributed by atoms with Crippen LogP contribution >= 0.6 is 0 Å². The summed E-state index contributed by atoms with van der Waals surface area (Å²) in [7, 11) is 0. The molecule has 0 radical (unpaired) electrons. The molecule has 1 aliphatic rings. The van der Waals surface area contributed by atoms with Crippen molar-refractivity contribution < 1.29 is 17.9 Å². The summed E-state index contributed by atoms with van der Waals surface area (Å²) in [6, 6.07) is 9.20. The predicted octanol–water partition coefficient (Wildman–Crippen LogP) is 5.40. The minimum absolute atomic E-state index is 0.105. The molecule has 0 unspecified atom stereocenters. The lowest BCUT2D eigenvalue weighted by molar-refractivity contribution is -0.136. The Bertz CT molecular complexity index is 1330. The molecule has 5 nitrogen and oxygen atoms in total. The number of aromatic amines is 1. The molecule has 1 N–H and O–H groups in total. The lowest BCUT2D eigenvalue weighted by Crippen LogP contribution is -2.08. The average molecular weight is 426 g/mol. The van der Waals surface area contributed by atoms with Gasteiger partial charge in [0.15, 0.2) is 5.65 Å². The van der Waals surface area contributed by atoms with Crippen LogP contribution in [0.2, 0.25) is 0 Å². The van der Waals surface area contributed by atoms with E-state index in [1.54, 1.807) is 18.4 Å². The molecule has 0 amide bonds. The molecule has 5 rings (SSSR count).